The zero-order valence-electron chi connectivity index (χ0n) is 15.0. The van der Waals surface area contributed by atoms with Gasteiger partial charge in [-0.2, -0.15) is 0 Å². The van der Waals surface area contributed by atoms with E-state index in [4.69, 9.17) is 4.74 Å². The summed E-state index contributed by atoms with van der Waals surface area (Å²) in [5.41, 5.74) is 0.576. The number of carbonyl (C=O) groups excluding carboxylic acids is 1. The fourth-order valence-electron chi connectivity index (χ4n) is 2.53. The van der Waals surface area contributed by atoms with Gasteiger partial charge in [0.25, 0.3) is 5.56 Å². The van der Waals surface area contributed by atoms with E-state index >= 15 is 0 Å². The average Bonchev–Trinajstić information content (AvgIpc) is 2.67. The number of anilines is 1. The van der Waals surface area contributed by atoms with Crippen LogP contribution in [0.5, 0.6) is 5.75 Å². The van der Waals surface area contributed by atoms with Gasteiger partial charge in [-0.1, -0.05) is 0 Å². The molecule has 3 aromatic rings. The highest BCUT2D eigenvalue weighted by Crippen LogP contribution is 2.19. The van der Waals surface area contributed by atoms with Crippen LogP contribution in [0.15, 0.2) is 59.7 Å². The summed E-state index contributed by atoms with van der Waals surface area (Å²) in [6.45, 7) is 2.08. The van der Waals surface area contributed by atoms with Gasteiger partial charge in [-0.05, 0) is 43.3 Å². The van der Waals surface area contributed by atoms with Gasteiger partial charge >= 0.3 is 0 Å². The normalized spacial score (nSPS) is 10.5. The van der Waals surface area contributed by atoms with Gasteiger partial charge in [-0.3, -0.25) is 14.2 Å². The minimum atomic E-state index is -0.898. The Morgan fingerprint density at radius 3 is 2.54 bits per heavy atom. The summed E-state index contributed by atoms with van der Waals surface area (Å²) in [7, 11) is 0. The Morgan fingerprint density at radius 2 is 1.89 bits per heavy atom. The van der Waals surface area contributed by atoms with Crippen molar-refractivity contribution < 1.29 is 18.3 Å². The van der Waals surface area contributed by atoms with Gasteiger partial charge in [-0.15, -0.1) is 0 Å². The van der Waals surface area contributed by atoms with Crippen molar-refractivity contribution in [2.24, 2.45) is 0 Å². The van der Waals surface area contributed by atoms with Gasteiger partial charge in [0.2, 0.25) is 5.91 Å². The largest absolute Gasteiger partial charge is 0.494 e. The molecule has 1 amide bonds. The molecule has 0 atom stereocenters. The summed E-state index contributed by atoms with van der Waals surface area (Å²) < 4.78 is 33.0. The number of amides is 1. The third kappa shape index (κ3) is 4.59. The maximum atomic E-state index is 13.6. The highest BCUT2D eigenvalue weighted by atomic mass is 19.1. The number of nitrogens with one attached hydrogen (secondary N) is 1. The summed E-state index contributed by atoms with van der Waals surface area (Å²) in [5, 5.41) is 2.30. The zero-order valence-corrected chi connectivity index (χ0v) is 15.0. The van der Waals surface area contributed by atoms with E-state index < -0.39 is 23.1 Å². The number of hydrogen-bond donors (Lipinski definition) is 1. The van der Waals surface area contributed by atoms with Crippen molar-refractivity contribution in [1.29, 1.82) is 0 Å². The Bertz CT molecular complexity index is 1050. The molecule has 0 aliphatic heterocycles. The van der Waals surface area contributed by atoms with Crippen molar-refractivity contribution in [3.63, 3.8) is 0 Å². The number of hydrogen-bond acceptors (Lipinski definition) is 4. The van der Waals surface area contributed by atoms with Crippen LogP contribution in [-0.4, -0.2) is 22.1 Å². The van der Waals surface area contributed by atoms with Crippen LogP contribution >= 0.6 is 0 Å². The monoisotopic (exact) mass is 385 g/mol. The Morgan fingerprint density at radius 1 is 1.14 bits per heavy atom. The molecular formula is C20H17F2N3O3. The number of halogens is 2. The lowest BCUT2D eigenvalue weighted by molar-refractivity contribution is -0.116. The van der Waals surface area contributed by atoms with E-state index in [2.05, 4.69) is 10.3 Å². The zero-order chi connectivity index (χ0) is 20.1. The van der Waals surface area contributed by atoms with Crippen LogP contribution in [0, 0.1) is 11.6 Å². The molecule has 1 aromatic heterocycles. The van der Waals surface area contributed by atoms with Crippen molar-refractivity contribution in [3.8, 4) is 17.0 Å². The van der Waals surface area contributed by atoms with E-state index in [1.807, 2.05) is 6.92 Å². The molecule has 0 bridgehead atoms. The van der Waals surface area contributed by atoms with E-state index in [1.54, 1.807) is 24.3 Å². The maximum Gasteiger partial charge on any atom is 0.254 e. The first-order valence-electron chi connectivity index (χ1n) is 8.51. The van der Waals surface area contributed by atoms with Gasteiger partial charge in [0, 0.05) is 17.7 Å². The number of rotatable bonds is 6. The van der Waals surface area contributed by atoms with Crippen LogP contribution in [0.4, 0.5) is 14.5 Å². The van der Waals surface area contributed by atoms with Crippen LogP contribution < -0.4 is 15.6 Å². The third-order valence-electron chi connectivity index (χ3n) is 3.86. The topological polar surface area (TPSA) is 73.2 Å². The molecule has 0 spiro atoms. The van der Waals surface area contributed by atoms with Crippen LogP contribution in [0.3, 0.4) is 0 Å². The lowest BCUT2D eigenvalue weighted by Gasteiger charge is -2.09. The first-order valence-corrected chi connectivity index (χ1v) is 8.51. The molecule has 0 aliphatic rings. The maximum absolute atomic E-state index is 13.6. The quantitative estimate of drug-likeness (QED) is 0.707. The number of nitrogens with zero attached hydrogens (tertiary/aromatic N) is 2. The van der Waals surface area contributed by atoms with Crippen LogP contribution in [-0.2, 0) is 11.3 Å². The van der Waals surface area contributed by atoms with Gasteiger partial charge in [-0.25, -0.2) is 13.8 Å². The third-order valence-corrected chi connectivity index (χ3v) is 3.86. The van der Waals surface area contributed by atoms with E-state index in [0.29, 0.717) is 24.1 Å². The van der Waals surface area contributed by atoms with Crippen molar-refractivity contribution in [2.75, 3.05) is 11.9 Å². The van der Waals surface area contributed by atoms with E-state index in [9.17, 15) is 18.4 Å². The molecule has 144 valence electrons. The molecule has 0 unspecified atom stereocenters. The molecule has 2 aromatic carbocycles. The lowest BCUT2D eigenvalue weighted by atomic mass is 10.1. The highest BCUT2D eigenvalue weighted by molar-refractivity contribution is 5.90. The summed E-state index contributed by atoms with van der Waals surface area (Å²) in [5.74, 6) is -1.57. The minimum Gasteiger partial charge on any atom is -0.494 e. The van der Waals surface area contributed by atoms with E-state index in [0.717, 1.165) is 22.3 Å². The second-order valence-corrected chi connectivity index (χ2v) is 5.87. The predicted octanol–water partition coefficient (Wildman–Crippen LogP) is 3.23. The molecule has 0 radical (unpaired) electrons. The molecule has 6 nitrogen and oxygen atoms in total. The Hall–Kier alpha value is -3.55. The van der Waals surface area contributed by atoms with Crippen molar-refractivity contribution >= 4 is 11.6 Å². The predicted molar refractivity (Wildman–Crippen MR) is 100 cm³/mol. The molecule has 1 heterocycles. The molecule has 0 saturated carbocycles. The fourth-order valence-corrected chi connectivity index (χ4v) is 2.53. The Kier molecular flexibility index (Phi) is 5.78. The molecule has 3 rings (SSSR count). The SMILES string of the molecule is CCOc1ccc(-c2cc(=O)n(CC(=O)Nc3ccc(F)cc3F)cn2)cc1. The second-order valence-electron chi connectivity index (χ2n) is 5.87. The van der Waals surface area contributed by atoms with Crippen molar-refractivity contribution in [3.05, 3.63) is 76.8 Å². The average molecular weight is 385 g/mol. The smallest absolute Gasteiger partial charge is 0.254 e. The van der Waals surface area contributed by atoms with Gasteiger partial charge in [0.05, 0.1) is 24.3 Å². The number of aromatic nitrogens is 2. The molecule has 0 saturated heterocycles. The first-order chi connectivity index (χ1) is 13.5. The fraction of sp³-hybridized carbons (Fsp3) is 0.150. The number of ether oxygens (including phenoxy) is 1. The second kappa shape index (κ2) is 8.43. The summed E-state index contributed by atoms with van der Waals surface area (Å²) in [4.78, 5) is 28.5. The van der Waals surface area contributed by atoms with Crippen LogP contribution in [0.1, 0.15) is 6.92 Å². The van der Waals surface area contributed by atoms with Crippen LogP contribution in [0.25, 0.3) is 11.3 Å². The van der Waals surface area contributed by atoms with Crippen molar-refractivity contribution in [1.82, 2.24) is 9.55 Å². The van der Waals surface area contributed by atoms with Crippen LogP contribution in [0.2, 0.25) is 0 Å². The molecule has 0 fully saturated rings. The van der Waals surface area contributed by atoms with E-state index in [-0.39, 0.29) is 12.2 Å². The van der Waals surface area contributed by atoms with Gasteiger partial charge < -0.3 is 10.1 Å². The molecule has 8 heteroatoms. The Labute approximate surface area is 159 Å². The summed E-state index contributed by atoms with van der Waals surface area (Å²) in [6, 6.07) is 11.2. The van der Waals surface area contributed by atoms with Crippen molar-refractivity contribution in [2.45, 2.75) is 13.5 Å². The van der Waals surface area contributed by atoms with Gasteiger partial charge in [0.15, 0.2) is 0 Å². The summed E-state index contributed by atoms with van der Waals surface area (Å²) in [6.07, 6.45) is 1.24. The van der Waals surface area contributed by atoms with Gasteiger partial charge in [0.1, 0.15) is 23.9 Å². The molecule has 28 heavy (non-hydrogen) atoms. The summed E-state index contributed by atoms with van der Waals surface area (Å²) >= 11 is 0. The lowest BCUT2D eigenvalue weighted by Crippen LogP contribution is -2.27. The number of carbonyl (C=O) groups is 1. The number of benzene rings is 2. The highest BCUT2D eigenvalue weighted by Gasteiger charge is 2.10. The standard InChI is InChI=1S/C20H17F2N3O3/c1-2-28-15-6-3-13(4-7-15)18-10-20(27)25(12-23-18)11-19(26)24-17-8-5-14(21)9-16(17)22/h3-10,12H,2,11H2,1H3,(H,24,26). The minimum absolute atomic E-state index is 0.168. The molecule has 0 aliphatic carbocycles. The Balaban J connectivity index is 1.71. The molecular weight excluding hydrogens is 368 g/mol. The molecule has 1 N–H and O–H groups in total. The first kappa shape index (κ1) is 19.2. The van der Waals surface area contributed by atoms with E-state index in [1.165, 1.54) is 12.4 Å².